The van der Waals surface area contributed by atoms with Crippen LogP contribution >= 0.6 is 0 Å². The van der Waals surface area contributed by atoms with Gasteiger partial charge in [-0.15, -0.1) is 10.2 Å². The highest BCUT2D eigenvalue weighted by molar-refractivity contribution is 6.01. The second kappa shape index (κ2) is 11.0. The van der Waals surface area contributed by atoms with E-state index in [0.29, 0.717) is 11.7 Å². The van der Waals surface area contributed by atoms with Crippen molar-refractivity contribution in [3.05, 3.63) is 53.7 Å². The zero-order chi connectivity index (χ0) is 24.8. The summed E-state index contributed by atoms with van der Waals surface area (Å²) in [6.45, 7) is 6.50. The lowest BCUT2D eigenvalue weighted by molar-refractivity contribution is 0.0698. The van der Waals surface area contributed by atoms with Gasteiger partial charge < -0.3 is 20.7 Å². The summed E-state index contributed by atoms with van der Waals surface area (Å²) < 4.78 is 0. The standard InChI is InChI=1S/C27H36N6O2/c1-18-9-10-21(28-13-6-12-27(2,3)35)17-22(18)20-11-14-29-23(16-20)31-26(34)25-30-24(32-33-25)15-19-7-4-5-8-19/h9-11,14,16-17,19,28,35H,4-8,12-13,15H2,1-3H3,(H,29,31,34)(H,30,32,33). The summed E-state index contributed by atoms with van der Waals surface area (Å²) in [5, 5.41) is 24.4. The Morgan fingerprint density at radius 2 is 1.97 bits per heavy atom. The highest BCUT2D eigenvalue weighted by Gasteiger charge is 2.19. The van der Waals surface area contributed by atoms with Gasteiger partial charge in [0.1, 0.15) is 11.6 Å². The zero-order valence-corrected chi connectivity index (χ0v) is 20.9. The molecule has 2 aromatic heterocycles. The van der Waals surface area contributed by atoms with Crippen molar-refractivity contribution in [1.82, 2.24) is 20.2 Å². The molecule has 0 bridgehead atoms. The maximum absolute atomic E-state index is 12.7. The predicted molar refractivity (Wildman–Crippen MR) is 138 cm³/mol. The minimum Gasteiger partial charge on any atom is -0.390 e. The van der Waals surface area contributed by atoms with E-state index in [0.717, 1.165) is 54.0 Å². The van der Waals surface area contributed by atoms with Crippen LogP contribution in [0.1, 0.15) is 74.4 Å². The van der Waals surface area contributed by atoms with Crippen LogP contribution in [0.4, 0.5) is 11.5 Å². The maximum atomic E-state index is 12.7. The number of nitrogens with one attached hydrogen (secondary N) is 3. The third kappa shape index (κ3) is 7.11. The number of H-pyrrole nitrogens is 1. The largest absolute Gasteiger partial charge is 0.390 e. The number of aryl methyl sites for hydroxylation is 1. The molecular formula is C27H36N6O2. The summed E-state index contributed by atoms with van der Waals surface area (Å²) in [5.74, 6) is 1.72. The third-order valence-corrected chi connectivity index (χ3v) is 6.55. The van der Waals surface area contributed by atoms with Crippen LogP contribution < -0.4 is 10.6 Å². The molecule has 186 valence electrons. The average molecular weight is 477 g/mol. The summed E-state index contributed by atoms with van der Waals surface area (Å²) >= 11 is 0. The first-order valence-corrected chi connectivity index (χ1v) is 12.5. The van der Waals surface area contributed by atoms with Crippen molar-refractivity contribution in [2.45, 2.75) is 71.3 Å². The number of aromatic amines is 1. The van der Waals surface area contributed by atoms with Crippen molar-refractivity contribution in [2.75, 3.05) is 17.2 Å². The zero-order valence-electron chi connectivity index (χ0n) is 20.9. The molecule has 8 heteroatoms. The Labute approximate surface area is 207 Å². The summed E-state index contributed by atoms with van der Waals surface area (Å²) in [5.41, 5.74) is 3.52. The summed E-state index contributed by atoms with van der Waals surface area (Å²) in [7, 11) is 0. The predicted octanol–water partition coefficient (Wildman–Crippen LogP) is 5.12. The van der Waals surface area contributed by atoms with Gasteiger partial charge in [0.15, 0.2) is 0 Å². The number of rotatable bonds is 10. The van der Waals surface area contributed by atoms with Crippen molar-refractivity contribution in [1.29, 1.82) is 0 Å². The van der Waals surface area contributed by atoms with E-state index in [-0.39, 0.29) is 11.7 Å². The number of aliphatic hydroxyl groups is 1. The van der Waals surface area contributed by atoms with E-state index in [9.17, 15) is 9.90 Å². The Kier molecular flexibility index (Phi) is 7.80. The normalized spacial score (nSPS) is 14.3. The second-order valence-corrected chi connectivity index (χ2v) is 10.2. The molecule has 1 aliphatic rings. The average Bonchev–Trinajstić information content (AvgIpc) is 3.50. The monoisotopic (exact) mass is 476 g/mol. The van der Waals surface area contributed by atoms with E-state index in [1.54, 1.807) is 6.20 Å². The topological polar surface area (TPSA) is 116 Å². The molecule has 1 fully saturated rings. The van der Waals surface area contributed by atoms with Gasteiger partial charge in [0.2, 0.25) is 5.82 Å². The van der Waals surface area contributed by atoms with Crippen LogP contribution in [0.2, 0.25) is 0 Å². The van der Waals surface area contributed by atoms with E-state index >= 15 is 0 Å². The van der Waals surface area contributed by atoms with Crippen molar-refractivity contribution in [3.8, 4) is 11.1 Å². The number of hydrogen-bond acceptors (Lipinski definition) is 6. The van der Waals surface area contributed by atoms with Crippen LogP contribution in [-0.4, -0.2) is 43.3 Å². The molecule has 0 saturated heterocycles. The highest BCUT2D eigenvalue weighted by Crippen LogP contribution is 2.29. The van der Waals surface area contributed by atoms with E-state index in [4.69, 9.17) is 0 Å². The Morgan fingerprint density at radius 1 is 1.17 bits per heavy atom. The van der Waals surface area contributed by atoms with Crippen LogP contribution in [-0.2, 0) is 6.42 Å². The first kappa shape index (κ1) is 24.9. The van der Waals surface area contributed by atoms with Crippen LogP contribution in [0.3, 0.4) is 0 Å². The molecule has 4 rings (SSSR count). The Morgan fingerprint density at radius 3 is 2.74 bits per heavy atom. The summed E-state index contributed by atoms with van der Waals surface area (Å²) in [6, 6.07) is 10.0. The minimum absolute atomic E-state index is 0.207. The lowest BCUT2D eigenvalue weighted by Crippen LogP contribution is -2.19. The van der Waals surface area contributed by atoms with Crippen LogP contribution in [0.25, 0.3) is 11.1 Å². The molecule has 0 atom stereocenters. The van der Waals surface area contributed by atoms with Crippen molar-refractivity contribution in [3.63, 3.8) is 0 Å². The van der Waals surface area contributed by atoms with Crippen LogP contribution in [0, 0.1) is 12.8 Å². The molecule has 35 heavy (non-hydrogen) atoms. The van der Waals surface area contributed by atoms with E-state index in [1.807, 2.05) is 26.0 Å². The Balaban J connectivity index is 1.40. The van der Waals surface area contributed by atoms with Crippen molar-refractivity contribution < 1.29 is 9.90 Å². The molecule has 0 radical (unpaired) electrons. The van der Waals surface area contributed by atoms with Gasteiger partial charge in [0.25, 0.3) is 5.91 Å². The molecule has 1 saturated carbocycles. The Bertz CT molecular complexity index is 1140. The van der Waals surface area contributed by atoms with Crippen molar-refractivity contribution in [2.24, 2.45) is 5.92 Å². The molecule has 0 aliphatic heterocycles. The molecular weight excluding hydrogens is 440 g/mol. The number of benzene rings is 1. The lowest BCUT2D eigenvalue weighted by atomic mass is 10.0. The van der Waals surface area contributed by atoms with Gasteiger partial charge in [-0.3, -0.25) is 4.79 Å². The number of carbonyl (C=O) groups is 1. The number of nitrogens with zero attached hydrogens (tertiary/aromatic N) is 3. The first-order chi connectivity index (χ1) is 16.8. The number of pyridine rings is 1. The fourth-order valence-corrected chi connectivity index (χ4v) is 4.62. The van der Waals surface area contributed by atoms with Gasteiger partial charge in [-0.25, -0.2) is 4.98 Å². The molecule has 4 N–H and O–H groups in total. The van der Waals surface area contributed by atoms with Crippen LogP contribution in [0.15, 0.2) is 36.5 Å². The van der Waals surface area contributed by atoms with Gasteiger partial charge in [-0.05, 0) is 80.5 Å². The van der Waals surface area contributed by atoms with Crippen molar-refractivity contribution >= 4 is 17.4 Å². The number of hydrogen-bond donors (Lipinski definition) is 4. The molecule has 3 aromatic rings. The Hall–Kier alpha value is -3.26. The van der Waals surface area contributed by atoms with Gasteiger partial charge in [0.05, 0.1) is 5.60 Å². The summed E-state index contributed by atoms with van der Waals surface area (Å²) in [6.07, 6.45) is 9.13. The lowest BCUT2D eigenvalue weighted by Gasteiger charge is -2.17. The smallest absolute Gasteiger partial charge is 0.294 e. The van der Waals surface area contributed by atoms with E-state index in [1.165, 1.54) is 25.7 Å². The molecule has 1 aliphatic carbocycles. The quantitative estimate of drug-likeness (QED) is 0.302. The molecule has 0 unspecified atom stereocenters. The highest BCUT2D eigenvalue weighted by atomic mass is 16.3. The SMILES string of the molecule is Cc1ccc(NCCCC(C)(C)O)cc1-c1ccnc(NC(=O)c2nnc(CC3CCCC3)[nH]2)c1. The summed E-state index contributed by atoms with van der Waals surface area (Å²) in [4.78, 5) is 20.1. The molecule has 2 heterocycles. The number of carbonyl (C=O) groups excluding carboxylic acids is 1. The van der Waals surface area contributed by atoms with Gasteiger partial charge in [-0.1, -0.05) is 31.7 Å². The molecule has 1 aromatic carbocycles. The number of aromatic nitrogens is 4. The fourth-order valence-electron chi connectivity index (χ4n) is 4.62. The maximum Gasteiger partial charge on any atom is 0.294 e. The first-order valence-electron chi connectivity index (χ1n) is 12.5. The second-order valence-electron chi connectivity index (χ2n) is 10.2. The number of amides is 1. The van der Waals surface area contributed by atoms with Gasteiger partial charge in [0, 0.05) is 24.8 Å². The van der Waals surface area contributed by atoms with E-state index in [2.05, 4.69) is 55.9 Å². The fraction of sp³-hybridized carbons (Fsp3) is 0.481. The third-order valence-electron chi connectivity index (χ3n) is 6.55. The molecule has 8 nitrogen and oxygen atoms in total. The molecule has 0 spiro atoms. The van der Waals surface area contributed by atoms with Gasteiger partial charge >= 0.3 is 0 Å². The molecule has 1 amide bonds. The van der Waals surface area contributed by atoms with Gasteiger partial charge in [-0.2, -0.15) is 0 Å². The number of anilines is 2. The van der Waals surface area contributed by atoms with E-state index < -0.39 is 5.60 Å². The minimum atomic E-state index is -0.652. The van der Waals surface area contributed by atoms with Crippen LogP contribution in [0.5, 0.6) is 0 Å².